The minimum absolute atomic E-state index is 0.0160. The molecule has 3 heteroatoms. The van der Waals surface area contributed by atoms with Crippen molar-refractivity contribution >= 4 is 0 Å². The molecule has 2 aromatic rings. The van der Waals surface area contributed by atoms with E-state index in [4.69, 9.17) is 5.84 Å². The van der Waals surface area contributed by atoms with Gasteiger partial charge in [0.1, 0.15) is 5.82 Å². The van der Waals surface area contributed by atoms with Crippen LogP contribution in [0.5, 0.6) is 0 Å². The van der Waals surface area contributed by atoms with Crippen LogP contribution in [0.3, 0.4) is 0 Å². The topological polar surface area (TPSA) is 38.0 Å². The first-order chi connectivity index (χ1) is 9.51. The highest BCUT2D eigenvalue weighted by Gasteiger charge is 2.13. The second-order valence-electron chi connectivity index (χ2n) is 5.34. The fourth-order valence-corrected chi connectivity index (χ4v) is 2.45. The maximum absolute atomic E-state index is 13.2. The molecule has 0 aliphatic heterocycles. The molecule has 3 N–H and O–H groups in total. The van der Waals surface area contributed by atoms with Crippen molar-refractivity contribution in [3.8, 4) is 0 Å². The molecule has 0 radical (unpaired) electrons. The zero-order valence-corrected chi connectivity index (χ0v) is 12.2. The summed E-state index contributed by atoms with van der Waals surface area (Å²) in [4.78, 5) is 0. The summed E-state index contributed by atoms with van der Waals surface area (Å²) >= 11 is 0. The first kappa shape index (κ1) is 14.7. The molecule has 2 aromatic carbocycles. The second-order valence-corrected chi connectivity index (χ2v) is 5.34. The summed E-state index contributed by atoms with van der Waals surface area (Å²) in [5.74, 6) is 5.47. The van der Waals surface area contributed by atoms with Crippen LogP contribution in [0.2, 0.25) is 0 Å². The maximum Gasteiger partial charge on any atom is 0.123 e. The number of nitrogens with one attached hydrogen (secondary N) is 1. The fraction of sp³-hybridized carbons (Fsp3) is 0.294. The van der Waals surface area contributed by atoms with Crippen molar-refractivity contribution in [2.24, 2.45) is 5.84 Å². The van der Waals surface area contributed by atoms with Crippen LogP contribution in [0, 0.1) is 26.6 Å². The van der Waals surface area contributed by atoms with E-state index in [2.05, 4.69) is 37.5 Å². The minimum Gasteiger partial charge on any atom is -0.271 e. The SMILES string of the molecule is Cc1ccc(CC(NN)c2ccc(F)cc2C)cc1C. The van der Waals surface area contributed by atoms with E-state index in [-0.39, 0.29) is 11.9 Å². The Morgan fingerprint density at radius 3 is 2.35 bits per heavy atom. The van der Waals surface area contributed by atoms with Gasteiger partial charge in [-0.05, 0) is 67.1 Å². The summed E-state index contributed by atoms with van der Waals surface area (Å²) in [6, 6.07) is 11.2. The molecule has 0 saturated carbocycles. The Bertz CT molecular complexity index is 608. The molecule has 0 spiro atoms. The van der Waals surface area contributed by atoms with Crippen molar-refractivity contribution in [2.45, 2.75) is 33.2 Å². The van der Waals surface area contributed by atoms with Gasteiger partial charge in [0.05, 0.1) is 6.04 Å². The van der Waals surface area contributed by atoms with Gasteiger partial charge in [0, 0.05) is 0 Å². The van der Waals surface area contributed by atoms with E-state index in [9.17, 15) is 4.39 Å². The van der Waals surface area contributed by atoms with E-state index < -0.39 is 0 Å². The van der Waals surface area contributed by atoms with Crippen LogP contribution in [-0.2, 0) is 6.42 Å². The number of hydrogen-bond donors (Lipinski definition) is 2. The Kier molecular flexibility index (Phi) is 4.53. The largest absolute Gasteiger partial charge is 0.271 e. The van der Waals surface area contributed by atoms with Crippen LogP contribution in [0.25, 0.3) is 0 Å². The van der Waals surface area contributed by atoms with Gasteiger partial charge in [-0.15, -0.1) is 0 Å². The average molecular weight is 272 g/mol. The lowest BCUT2D eigenvalue weighted by atomic mass is 9.94. The molecule has 20 heavy (non-hydrogen) atoms. The van der Waals surface area contributed by atoms with Gasteiger partial charge in [-0.2, -0.15) is 0 Å². The highest BCUT2D eigenvalue weighted by molar-refractivity contribution is 5.34. The van der Waals surface area contributed by atoms with Crippen molar-refractivity contribution in [1.29, 1.82) is 0 Å². The molecular formula is C17H21FN2. The van der Waals surface area contributed by atoms with E-state index in [1.807, 2.05) is 6.92 Å². The molecule has 0 saturated heterocycles. The maximum atomic E-state index is 13.2. The van der Waals surface area contributed by atoms with Gasteiger partial charge in [-0.3, -0.25) is 11.3 Å². The number of hydrogen-bond acceptors (Lipinski definition) is 2. The van der Waals surface area contributed by atoms with Crippen LogP contribution in [0.4, 0.5) is 4.39 Å². The van der Waals surface area contributed by atoms with Gasteiger partial charge in [-0.1, -0.05) is 24.3 Å². The van der Waals surface area contributed by atoms with Crippen LogP contribution >= 0.6 is 0 Å². The molecule has 0 aliphatic carbocycles. The fourth-order valence-electron chi connectivity index (χ4n) is 2.45. The molecule has 0 amide bonds. The second kappa shape index (κ2) is 6.16. The molecule has 2 rings (SSSR count). The molecule has 106 valence electrons. The normalized spacial score (nSPS) is 12.4. The molecule has 1 unspecified atom stereocenters. The van der Waals surface area contributed by atoms with Crippen LogP contribution in [0.15, 0.2) is 36.4 Å². The smallest absolute Gasteiger partial charge is 0.123 e. The van der Waals surface area contributed by atoms with E-state index in [0.29, 0.717) is 0 Å². The summed E-state index contributed by atoms with van der Waals surface area (Å²) in [6.07, 6.45) is 0.782. The summed E-state index contributed by atoms with van der Waals surface area (Å²) in [7, 11) is 0. The quantitative estimate of drug-likeness (QED) is 0.660. The standard InChI is InChI=1S/C17H21FN2/c1-11-4-5-14(8-12(11)2)10-17(20-19)16-7-6-15(18)9-13(16)3/h4-9,17,20H,10,19H2,1-3H3. The van der Waals surface area contributed by atoms with E-state index in [1.54, 1.807) is 12.1 Å². The highest BCUT2D eigenvalue weighted by Crippen LogP contribution is 2.23. The molecule has 0 aromatic heterocycles. The van der Waals surface area contributed by atoms with Gasteiger partial charge < -0.3 is 0 Å². The third-order valence-electron chi connectivity index (χ3n) is 3.82. The lowest BCUT2D eigenvalue weighted by molar-refractivity contribution is 0.546. The summed E-state index contributed by atoms with van der Waals surface area (Å²) in [5, 5.41) is 0. The van der Waals surface area contributed by atoms with Crippen molar-refractivity contribution in [3.63, 3.8) is 0 Å². The first-order valence-corrected chi connectivity index (χ1v) is 6.79. The third-order valence-corrected chi connectivity index (χ3v) is 3.82. The predicted molar refractivity (Wildman–Crippen MR) is 80.8 cm³/mol. The number of rotatable bonds is 4. The Balaban J connectivity index is 2.26. The van der Waals surface area contributed by atoms with E-state index >= 15 is 0 Å². The molecular weight excluding hydrogens is 251 g/mol. The average Bonchev–Trinajstić information content (AvgIpc) is 2.41. The Morgan fingerprint density at radius 2 is 1.75 bits per heavy atom. The van der Waals surface area contributed by atoms with Gasteiger partial charge in [0.25, 0.3) is 0 Å². The number of aryl methyl sites for hydroxylation is 3. The molecule has 0 aliphatic rings. The van der Waals surface area contributed by atoms with Gasteiger partial charge in [-0.25, -0.2) is 4.39 Å². The van der Waals surface area contributed by atoms with E-state index in [0.717, 1.165) is 17.5 Å². The van der Waals surface area contributed by atoms with Gasteiger partial charge in [0.15, 0.2) is 0 Å². The van der Waals surface area contributed by atoms with Crippen LogP contribution in [-0.4, -0.2) is 0 Å². The van der Waals surface area contributed by atoms with Crippen molar-refractivity contribution in [1.82, 2.24) is 5.43 Å². The third kappa shape index (κ3) is 3.24. The summed E-state index contributed by atoms with van der Waals surface area (Å²) in [6.45, 7) is 6.11. The lowest BCUT2D eigenvalue weighted by Crippen LogP contribution is -2.30. The van der Waals surface area contributed by atoms with Gasteiger partial charge >= 0.3 is 0 Å². The number of halogens is 1. The molecule has 0 heterocycles. The lowest BCUT2D eigenvalue weighted by Gasteiger charge is -2.19. The Morgan fingerprint density at radius 1 is 1.00 bits per heavy atom. The van der Waals surface area contributed by atoms with Crippen molar-refractivity contribution in [2.75, 3.05) is 0 Å². The Hall–Kier alpha value is -1.71. The van der Waals surface area contributed by atoms with Crippen molar-refractivity contribution in [3.05, 3.63) is 70.0 Å². The zero-order chi connectivity index (χ0) is 14.7. The molecule has 0 fully saturated rings. The molecule has 2 nitrogen and oxygen atoms in total. The number of hydrazine groups is 1. The summed E-state index contributed by atoms with van der Waals surface area (Å²) in [5.41, 5.74) is 8.56. The van der Waals surface area contributed by atoms with E-state index in [1.165, 1.54) is 22.8 Å². The number of benzene rings is 2. The first-order valence-electron chi connectivity index (χ1n) is 6.79. The monoisotopic (exact) mass is 272 g/mol. The van der Waals surface area contributed by atoms with Crippen molar-refractivity contribution < 1.29 is 4.39 Å². The van der Waals surface area contributed by atoms with Crippen LogP contribution in [0.1, 0.15) is 33.9 Å². The minimum atomic E-state index is -0.215. The molecule has 1 atom stereocenters. The number of nitrogens with two attached hydrogens (primary N) is 1. The van der Waals surface area contributed by atoms with Gasteiger partial charge in [0.2, 0.25) is 0 Å². The predicted octanol–water partition coefficient (Wildman–Crippen LogP) is 3.50. The van der Waals surface area contributed by atoms with Crippen LogP contribution < -0.4 is 11.3 Å². The summed E-state index contributed by atoms with van der Waals surface area (Å²) < 4.78 is 13.2. The molecule has 0 bridgehead atoms. The highest BCUT2D eigenvalue weighted by atomic mass is 19.1. The Labute approximate surface area is 119 Å². The zero-order valence-electron chi connectivity index (χ0n) is 12.2.